The number of hydrogen-bond donors (Lipinski definition) is 1. The fourth-order valence-corrected chi connectivity index (χ4v) is 2.89. The molecule has 138 valence electrons. The van der Waals surface area contributed by atoms with Crippen LogP contribution in [0.25, 0.3) is 0 Å². The molecule has 0 aliphatic rings. The molecular formula is C20H19N3O3S. The number of thiazole rings is 1. The minimum absolute atomic E-state index is 0.367. The molecule has 1 N–H and O–H groups in total. The van der Waals surface area contributed by atoms with Crippen LogP contribution in [0.5, 0.6) is 11.5 Å². The van der Waals surface area contributed by atoms with E-state index in [2.05, 4.69) is 15.5 Å². The molecule has 0 amide bonds. The van der Waals surface area contributed by atoms with Gasteiger partial charge in [-0.1, -0.05) is 18.2 Å². The van der Waals surface area contributed by atoms with Gasteiger partial charge in [0.1, 0.15) is 0 Å². The summed E-state index contributed by atoms with van der Waals surface area (Å²) in [5.74, 6) is 0.418. The van der Waals surface area contributed by atoms with Crippen LogP contribution in [0.4, 0.5) is 5.13 Å². The molecule has 0 saturated heterocycles. The number of carbonyl (C=O) groups excluding carboxylic acids is 1. The first-order chi connectivity index (χ1) is 13.2. The highest BCUT2D eigenvalue weighted by Crippen LogP contribution is 2.29. The van der Waals surface area contributed by atoms with Gasteiger partial charge in [-0.25, -0.2) is 9.78 Å². The lowest BCUT2D eigenvalue weighted by Gasteiger charge is -2.11. The quantitative estimate of drug-likeness (QED) is 0.282. The predicted molar refractivity (Wildman–Crippen MR) is 107 cm³/mol. The number of aromatic nitrogens is 1. The van der Waals surface area contributed by atoms with Crippen LogP contribution in [0.2, 0.25) is 0 Å². The Labute approximate surface area is 161 Å². The second-order valence-electron chi connectivity index (χ2n) is 5.56. The summed E-state index contributed by atoms with van der Waals surface area (Å²) >= 11 is 1.48. The molecule has 3 aromatic rings. The first-order valence-electron chi connectivity index (χ1n) is 8.41. The molecule has 0 bridgehead atoms. The molecule has 2 aromatic carbocycles. The van der Waals surface area contributed by atoms with E-state index in [9.17, 15) is 4.79 Å². The monoisotopic (exact) mass is 381 g/mol. The molecule has 6 nitrogen and oxygen atoms in total. The number of nitrogens with zero attached hydrogens (tertiary/aromatic N) is 2. The lowest BCUT2D eigenvalue weighted by molar-refractivity contribution is 0.0728. The van der Waals surface area contributed by atoms with E-state index in [4.69, 9.17) is 9.47 Å². The Morgan fingerprint density at radius 2 is 2.04 bits per heavy atom. The third kappa shape index (κ3) is 5.15. The summed E-state index contributed by atoms with van der Waals surface area (Å²) < 4.78 is 11.1. The summed E-state index contributed by atoms with van der Waals surface area (Å²) in [7, 11) is 0. The lowest BCUT2D eigenvalue weighted by atomic mass is 10.2. The van der Waals surface area contributed by atoms with Crippen molar-refractivity contribution in [1.29, 1.82) is 0 Å². The SMILES string of the molecule is CCOc1cc(/C=N\Nc2nc(C)cs2)ccc1OC(=O)c1ccccc1. The number of hydrazone groups is 1. The number of hydrogen-bond acceptors (Lipinski definition) is 7. The third-order valence-electron chi connectivity index (χ3n) is 3.47. The molecule has 0 aliphatic heterocycles. The van der Waals surface area contributed by atoms with Crippen LogP contribution >= 0.6 is 11.3 Å². The van der Waals surface area contributed by atoms with E-state index in [1.165, 1.54) is 11.3 Å². The molecule has 0 unspecified atom stereocenters. The standard InChI is InChI=1S/C20H19N3O3S/c1-3-25-18-11-15(12-21-23-20-22-14(2)13-27-20)9-10-17(18)26-19(24)16-7-5-4-6-8-16/h4-13H,3H2,1-2H3,(H,22,23)/b21-12-. The van der Waals surface area contributed by atoms with Crippen molar-refractivity contribution in [3.8, 4) is 11.5 Å². The number of esters is 1. The molecule has 1 aromatic heterocycles. The number of carbonyl (C=O) groups is 1. The van der Waals surface area contributed by atoms with Gasteiger partial charge in [-0.2, -0.15) is 5.10 Å². The Kier molecular flexibility index (Phi) is 6.17. The second kappa shape index (κ2) is 8.95. The Hall–Kier alpha value is -3.19. The van der Waals surface area contributed by atoms with E-state index in [0.717, 1.165) is 16.4 Å². The van der Waals surface area contributed by atoms with Crippen LogP contribution in [0.1, 0.15) is 28.5 Å². The van der Waals surface area contributed by atoms with Gasteiger partial charge in [0.05, 0.1) is 24.1 Å². The summed E-state index contributed by atoms with van der Waals surface area (Å²) in [5, 5.41) is 6.84. The van der Waals surface area contributed by atoms with Crippen LogP contribution < -0.4 is 14.9 Å². The molecule has 3 rings (SSSR count). The van der Waals surface area contributed by atoms with Gasteiger partial charge in [-0.3, -0.25) is 5.43 Å². The zero-order valence-corrected chi connectivity index (χ0v) is 15.8. The van der Waals surface area contributed by atoms with Crippen molar-refractivity contribution in [2.24, 2.45) is 5.10 Å². The van der Waals surface area contributed by atoms with Crippen LogP contribution in [0.15, 0.2) is 59.0 Å². The molecule has 0 spiro atoms. The molecule has 1 heterocycles. The van der Waals surface area contributed by atoms with Gasteiger partial charge in [-0.15, -0.1) is 11.3 Å². The molecule has 0 aliphatic carbocycles. The molecule has 0 radical (unpaired) electrons. The average molecular weight is 381 g/mol. The molecule has 27 heavy (non-hydrogen) atoms. The summed E-state index contributed by atoms with van der Waals surface area (Å²) in [6.45, 7) is 4.25. The fourth-order valence-electron chi connectivity index (χ4n) is 2.26. The third-order valence-corrected chi connectivity index (χ3v) is 4.34. The predicted octanol–water partition coefficient (Wildman–Crippen LogP) is 4.52. The maximum atomic E-state index is 12.3. The lowest BCUT2D eigenvalue weighted by Crippen LogP contribution is -2.09. The van der Waals surface area contributed by atoms with Gasteiger partial charge >= 0.3 is 5.97 Å². The average Bonchev–Trinajstić information content (AvgIpc) is 3.10. The first kappa shape index (κ1) is 18.6. The molecule has 0 saturated carbocycles. The molecule has 7 heteroatoms. The van der Waals surface area contributed by atoms with Gasteiger partial charge in [0.2, 0.25) is 5.13 Å². The largest absolute Gasteiger partial charge is 0.490 e. The van der Waals surface area contributed by atoms with Crippen LogP contribution in [-0.2, 0) is 0 Å². The number of nitrogens with one attached hydrogen (secondary N) is 1. The Morgan fingerprint density at radius 3 is 2.74 bits per heavy atom. The second-order valence-corrected chi connectivity index (χ2v) is 6.42. The first-order valence-corrected chi connectivity index (χ1v) is 9.29. The van der Waals surface area contributed by atoms with Crippen LogP contribution in [0, 0.1) is 6.92 Å². The van der Waals surface area contributed by atoms with Crippen molar-refractivity contribution in [1.82, 2.24) is 4.98 Å². The number of anilines is 1. The van der Waals surface area contributed by atoms with Crippen molar-refractivity contribution >= 4 is 28.7 Å². The zero-order chi connectivity index (χ0) is 19.1. The van der Waals surface area contributed by atoms with E-state index in [-0.39, 0.29) is 0 Å². The summed E-state index contributed by atoms with van der Waals surface area (Å²) in [6, 6.07) is 14.1. The Balaban J connectivity index is 1.72. The minimum Gasteiger partial charge on any atom is -0.490 e. The number of aryl methyl sites for hydroxylation is 1. The van der Waals surface area contributed by atoms with Crippen molar-refractivity contribution < 1.29 is 14.3 Å². The number of rotatable bonds is 7. The highest BCUT2D eigenvalue weighted by molar-refractivity contribution is 7.13. The van der Waals surface area contributed by atoms with Gasteiger partial charge in [0, 0.05) is 5.38 Å². The van der Waals surface area contributed by atoms with Crippen molar-refractivity contribution in [2.75, 3.05) is 12.0 Å². The van der Waals surface area contributed by atoms with Crippen molar-refractivity contribution in [3.05, 3.63) is 70.7 Å². The summed E-state index contributed by atoms with van der Waals surface area (Å²) in [5.41, 5.74) is 5.11. The van der Waals surface area contributed by atoms with Gasteiger partial charge < -0.3 is 9.47 Å². The highest BCUT2D eigenvalue weighted by Gasteiger charge is 2.12. The Bertz CT molecular complexity index is 939. The van der Waals surface area contributed by atoms with E-state index in [1.807, 2.05) is 25.3 Å². The maximum absolute atomic E-state index is 12.3. The van der Waals surface area contributed by atoms with Gasteiger partial charge in [-0.05, 0) is 49.7 Å². The number of benzene rings is 2. The zero-order valence-electron chi connectivity index (χ0n) is 15.0. The molecular weight excluding hydrogens is 362 g/mol. The van der Waals surface area contributed by atoms with E-state index in [1.54, 1.807) is 48.7 Å². The van der Waals surface area contributed by atoms with E-state index < -0.39 is 5.97 Å². The van der Waals surface area contributed by atoms with E-state index >= 15 is 0 Å². The van der Waals surface area contributed by atoms with Crippen molar-refractivity contribution in [2.45, 2.75) is 13.8 Å². The fraction of sp³-hybridized carbons (Fsp3) is 0.150. The minimum atomic E-state index is -0.432. The van der Waals surface area contributed by atoms with Crippen LogP contribution in [0.3, 0.4) is 0 Å². The van der Waals surface area contributed by atoms with Crippen molar-refractivity contribution in [3.63, 3.8) is 0 Å². The Morgan fingerprint density at radius 1 is 1.22 bits per heavy atom. The topological polar surface area (TPSA) is 72.8 Å². The van der Waals surface area contributed by atoms with E-state index in [0.29, 0.717) is 23.7 Å². The normalized spacial score (nSPS) is 10.7. The maximum Gasteiger partial charge on any atom is 0.343 e. The summed E-state index contributed by atoms with van der Waals surface area (Å²) in [6.07, 6.45) is 1.65. The summed E-state index contributed by atoms with van der Waals surface area (Å²) in [4.78, 5) is 16.5. The molecule has 0 atom stereocenters. The number of ether oxygens (including phenoxy) is 2. The molecule has 0 fully saturated rings. The van der Waals surface area contributed by atoms with Crippen LogP contribution in [-0.4, -0.2) is 23.8 Å². The van der Waals surface area contributed by atoms with Gasteiger partial charge in [0.15, 0.2) is 11.5 Å². The highest BCUT2D eigenvalue weighted by atomic mass is 32.1. The van der Waals surface area contributed by atoms with Gasteiger partial charge in [0.25, 0.3) is 0 Å². The smallest absolute Gasteiger partial charge is 0.343 e.